The summed E-state index contributed by atoms with van der Waals surface area (Å²) in [5, 5.41) is 5.41. The van der Waals surface area contributed by atoms with E-state index in [4.69, 9.17) is 0 Å². The summed E-state index contributed by atoms with van der Waals surface area (Å²) >= 11 is 0. The van der Waals surface area contributed by atoms with Gasteiger partial charge in [-0.15, -0.1) is 0 Å². The minimum absolute atomic E-state index is 0.0942. The van der Waals surface area contributed by atoms with E-state index >= 15 is 0 Å². The zero-order chi connectivity index (χ0) is 18.8. The predicted molar refractivity (Wildman–Crippen MR) is 100 cm³/mol. The molecule has 2 aliphatic heterocycles. The lowest BCUT2D eigenvalue weighted by molar-refractivity contribution is -0.122. The Bertz CT molecular complexity index is 939. The van der Waals surface area contributed by atoms with Crippen LogP contribution in [0.15, 0.2) is 35.3 Å². The molecule has 1 aromatic carbocycles. The maximum atomic E-state index is 12.5. The molecule has 3 heterocycles. The van der Waals surface area contributed by atoms with Crippen molar-refractivity contribution in [2.24, 2.45) is 0 Å². The number of rotatable bonds is 3. The third-order valence-electron chi connectivity index (χ3n) is 5.01. The van der Waals surface area contributed by atoms with Crippen molar-refractivity contribution < 1.29 is 9.59 Å². The third kappa shape index (κ3) is 3.42. The van der Waals surface area contributed by atoms with Crippen molar-refractivity contribution in [3.05, 3.63) is 51.9 Å². The number of carbonyl (C=O) groups is 2. The zero-order valence-corrected chi connectivity index (χ0v) is 14.8. The number of amides is 2. The third-order valence-corrected chi connectivity index (χ3v) is 5.01. The van der Waals surface area contributed by atoms with E-state index in [2.05, 4.69) is 20.6 Å². The number of fused-ring (bicyclic) bond motifs is 1. The maximum Gasteiger partial charge on any atom is 0.265 e. The summed E-state index contributed by atoms with van der Waals surface area (Å²) in [6.45, 7) is 1.33. The summed E-state index contributed by atoms with van der Waals surface area (Å²) in [5.41, 5.74) is 1.59. The summed E-state index contributed by atoms with van der Waals surface area (Å²) in [6, 6.07) is 7.33. The predicted octanol–water partition coefficient (Wildman–Crippen LogP) is 0.863. The van der Waals surface area contributed by atoms with Gasteiger partial charge in [-0.3, -0.25) is 19.4 Å². The van der Waals surface area contributed by atoms with Gasteiger partial charge in [0.05, 0.1) is 0 Å². The molecule has 0 radical (unpaired) electrons. The first-order chi connectivity index (χ1) is 13.1. The number of para-hydroxylation sites is 1. The molecular formula is C19H21N5O3. The molecule has 4 rings (SSSR count). The number of H-pyrrole nitrogens is 1. The van der Waals surface area contributed by atoms with Crippen LogP contribution in [0.5, 0.6) is 0 Å². The summed E-state index contributed by atoms with van der Waals surface area (Å²) in [4.78, 5) is 45.8. The SMILES string of the molecule is O=C(NC1CCCCNC1=O)c1cnc(N2CCc3ccccc32)[nH]c1=O. The second-order valence-corrected chi connectivity index (χ2v) is 6.79. The molecule has 0 bridgehead atoms. The standard InChI is InChI=1S/C19H21N5O3/c25-16(22-14-6-3-4-9-20-18(14)27)13-11-21-19(23-17(13)26)24-10-8-12-5-1-2-7-15(12)24/h1-2,5,7,11,14H,3-4,6,8-10H2,(H,20,27)(H,22,25)(H,21,23,26). The number of aromatic nitrogens is 2. The molecule has 1 unspecified atom stereocenters. The molecule has 2 aromatic rings. The smallest absolute Gasteiger partial charge is 0.265 e. The quantitative estimate of drug-likeness (QED) is 0.746. The fourth-order valence-corrected chi connectivity index (χ4v) is 3.56. The lowest BCUT2D eigenvalue weighted by Gasteiger charge is -2.18. The van der Waals surface area contributed by atoms with E-state index in [-0.39, 0.29) is 11.5 Å². The number of benzene rings is 1. The fourth-order valence-electron chi connectivity index (χ4n) is 3.56. The second kappa shape index (κ2) is 7.22. The van der Waals surface area contributed by atoms with Gasteiger partial charge in [-0.2, -0.15) is 0 Å². The highest BCUT2D eigenvalue weighted by Crippen LogP contribution is 2.31. The lowest BCUT2D eigenvalue weighted by atomic mass is 10.1. The molecule has 0 spiro atoms. The van der Waals surface area contributed by atoms with Gasteiger partial charge in [0.15, 0.2) is 0 Å². The highest BCUT2D eigenvalue weighted by molar-refractivity contribution is 5.97. The highest BCUT2D eigenvalue weighted by atomic mass is 16.2. The average Bonchev–Trinajstić information content (AvgIpc) is 3.00. The highest BCUT2D eigenvalue weighted by Gasteiger charge is 2.26. The van der Waals surface area contributed by atoms with Gasteiger partial charge in [0.2, 0.25) is 11.9 Å². The zero-order valence-electron chi connectivity index (χ0n) is 14.8. The summed E-state index contributed by atoms with van der Waals surface area (Å²) in [5.74, 6) is -0.386. The van der Waals surface area contributed by atoms with Gasteiger partial charge in [0, 0.05) is 25.0 Å². The summed E-state index contributed by atoms with van der Waals surface area (Å²) < 4.78 is 0. The maximum absolute atomic E-state index is 12.5. The van der Waals surface area contributed by atoms with Gasteiger partial charge >= 0.3 is 0 Å². The van der Waals surface area contributed by atoms with Crippen LogP contribution in [0.4, 0.5) is 11.6 Å². The number of carbonyl (C=O) groups excluding carboxylic acids is 2. The molecular weight excluding hydrogens is 346 g/mol. The Labute approximate surface area is 156 Å². The molecule has 2 aliphatic rings. The minimum Gasteiger partial charge on any atom is -0.354 e. The van der Waals surface area contributed by atoms with Crippen LogP contribution in [-0.2, 0) is 11.2 Å². The van der Waals surface area contributed by atoms with E-state index < -0.39 is 17.5 Å². The van der Waals surface area contributed by atoms with E-state index in [1.165, 1.54) is 11.8 Å². The molecule has 0 saturated carbocycles. The number of nitrogens with one attached hydrogen (secondary N) is 3. The van der Waals surface area contributed by atoms with Gasteiger partial charge in [0.1, 0.15) is 11.6 Å². The lowest BCUT2D eigenvalue weighted by Crippen LogP contribution is -2.46. The number of anilines is 2. The van der Waals surface area contributed by atoms with Gasteiger partial charge in [-0.05, 0) is 37.3 Å². The monoisotopic (exact) mass is 367 g/mol. The van der Waals surface area contributed by atoms with Crippen molar-refractivity contribution in [2.45, 2.75) is 31.7 Å². The Hall–Kier alpha value is -3.16. The van der Waals surface area contributed by atoms with E-state index in [0.29, 0.717) is 18.9 Å². The molecule has 1 aromatic heterocycles. The Morgan fingerprint density at radius 2 is 2.07 bits per heavy atom. The first kappa shape index (κ1) is 17.3. The number of hydrogen-bond acceptors (Lipinski definition) is 5. The van der Waals surface area contributed by atoms with E-state index in [9.17, 15) is 14.4 Å². The van der Waals surface area contributed by atoms with Gasteiger partial charge < -0.3 is 15.5 Å². The molecule has 8 nitrogen and oxygen atoms in total. The van der Waals surface area contributed by atoms with Crippen molar-refractivity contribution in [3.63, 3.8) is 0 Å². The minimum atomic E-state index is -0.621. The molecule has 8 heteroatoms. The molecule has 1 atom stereocenters. The van der Waals surface area contributed by atoms with Crippen LogP contribution in [0, 0.1) is 0 Å². The average molecular weight is 367 g/mol. The Kier molecular flexibility index (Phi) is 4.62. The van der Waals surface area contributed by atoms with Crippen molar-refractivity contribution >= 4 is 23.5 Å². The van der Waals surface area contributed by atoms with Crippen LogP contribution < -0.4 is 21.1 Å². The Balaban J connectivity index is 1.53. The first-order valence-electron chi connectivity index (χ1n) is 9.17. The second-order valence-electron chi connectivity index (χ2n) is 6.79. The van der Waals surface area contributed by atoms with Crippen molar-refractivity contribution in [3.8, 4) is 0 Å². The van der Waals surface area contributed by atoms with Gasteiger partial charge in [0.25, 0.3) is 11.5 Å². The Morgan fingerprint density at radius 3 is 2.93 bits per heavy atom. The molecule has 140 valence electrons. The van der Waals surface area contributed by atoms with Crippen LogP contribution in [0.2, 0.25) is 0 Å². The van der Waals surface area contributed by atoms with Gasteiger partial charge in [-0.25, -0.2) is 4.98 Å². The van der Waals surface area contributed by atoms with Crippen molar-refractivity contribution in [1.82, 2.24) is 20.6 Å². The van der Waals surface area contributed by atoms with Gasteiger partial charge in [-0.1, -0.05) is 18.2 Å². The topological polar surface area (TPSA) is 107 Å². The van der Waals surface area contributed by atoms with E-state index in [0.717, 1.165) is 31.5 Å². The van der Waals surface area contributed by atoms with E-state index in [1.54, 1.807) is 0 Å². The van der Waals surface area contributed by atoms with Crippen molar-refractivity contribution in [2.75, 3.05) is 18.0 Å². The molecule has 1 fully saturated rings. The van der Waals surface area contributed by atoms with Crippen LogP contribution in [0.25, 0.3) is 0 Å². The number of aromatic amines is 1. The Morgan fingerprint density at radius 1 is 1.22 bits per heavy atom. The summed E-state index contributed by atoms with van der Waals surface area (Å²) in [6.07, 6.45) is 4.43. The van der Waals surface area contributed by atoms with Crippen LogP contribution >= 0.6 is 0 Å². The largest absolute Gasteiger partial charge is 0.354 e. The number of nitrogens with zero attached hydrogens (tertiary/aromatic N) is 2. The molecule has 27 heavy (non-hydrogen) atoms. The molecule has 0 aliphatic carbocycles. The first-order valence-corrected chi connectivity index (χ1v) is 9.17. The van der Waals surface area contributed by atoms with Crippen molar-refractivity contribution in [1.29, 1.82) is 0 Å². The fraction of sp³-hybridized carbons (Fsp3) is 0.368. The normalized spacial score (nSPS) is 19.2. The van der Waals surface area contributed by atoms with Crippen LogP contribution in [-0.4, -0.2) is 40.9 Å². The number of hydrogen-bond donors (Lipinski definition) is 3. The molecule has 3 N–H and O–H groups in total. The van der Waals surface area contributed by atoms with Crippen LogP contribution in [0.3, 0.4) is 0 Å². The molecule has 1 saturated heterocycles. The van der Waals surface area contributed by atoms with Crippen LogP contribution in [0.1, 0.15) is 35.2 Å². The summed E-state index contributed by atoms with van der Waals surface area (Å²) in [7, 11) is 0. The van der Waals surface area contributed by atoms with E-state index in [1.807, 2.05) is 29.2 Å². The molecule has 2 amide bonds.